The molecule has 0 atom stereocenters. The monoisotopic (exact) mass is 418 g/mol. The van der Waals surface area contributed by atoms with E-state index in [1.807, 2.05) is 24.3 Å². The van der Waals surface area contributed by atoms with Crippen LogP contribution in [0.1, 0.15) is 19.3 Å². The van der Waals surface area contributed by atoms with Gasteiger partial charge in [0.15, 0.2) is 5.96 Å². The normalized spacial score (nSPS) is 16.9. The van der Waals surface area contributed by atoms with Crippen LogP contribution in [-0.2, 0) is 0 Å². The Morgan fingerprint density at radius 3 is 2.73 bits per heavy atom. The number of guanidine groups is 1. The smallest absolute Gasteiger partial charge is 0.193 e. The minimum atomic E-state index is 0. The maximum absolute atomic E-state index is 5.94. The second kappa shape index (κ2) is 9.89. The lowest BCUT2D eigenvalue weighted by Crippen LogP contribution is -2.30. The van der Waals surface area contributed by atoms with E-state index in [9.17, 15) is 0 Å². The van der Waals surface area contributed by atoms with Crippen LogP contribution in [0.3, 0.4) is 0 Å². The molecule has 0 amide bonds. The minimum absolute atomic E-state index is 0. The quantitative estimate of drug-likeness (QED) is 0.439. The van der Waals surface area contributed by atoms with Crippen molar-refractivity contribution in [2.24, 2.45) is 16.6 Å². The van der Waals surface area contributed by atoms with Gasteiger partial charge in [0.2, 0.25) is 0 Å². The van der Waals surface area contributed by atoms with Gasteiger partial charge in [-0.25, -0.2) is 0 Å². The Bertz CT molecular complexity index is 473. The lowest BCUT2D eigenvalue weighted by atomic mass is 9.94. The van der Waals surface area contributed by atoms with Crippen molar-refractivity contribution in [1.82, 2.24) is 4.90 Å². The standard InChI is InChI=1S/C16H26N4O.HI/c1-20-11-8-13(9-12-20)7-10-18-16(17)19-14-5-3-4-6-15(14)21-2;/h3-6,13H,7-12H2,1-2H3,(H3,17,18,19);1H. The number of likely N-dealkylation sites (tertiary alicyclic amines) is 1. The summed E-state index contributed by atoms with van der Waals surface area (Å²) < 4.78 is 5.28. The van der Waals surface area contributed by atoms with Gasteiger partial charge in [0.1, 0.15) is 5.75 Å². The number of nitrogens with two attached hydrogens (primary N) is 1. The molecule has 0 unspecified atom stereocenters. The summed E-state index contributed by atoms with van der Waals surface area (Å²) in [4.78, 5) is 6.81. The average molecular weight is 418 g/mol. The van der Waals surface area contributed by atoms with Gasteiger partial charge in [-0.3, -0.25) is 4.99 Å². The molecule has 0 bridgehead atoms. The van der Waals surface area contributed by atoms with E-state index in [0.29, 0.717) is 5.96 Å². The zero-order chi connectivity index (χ0) is 15.1. The van der Waals surface area contributed by atoms with E-state index in [1.54, 1.807) is 7.11 Å². The fourth-order valence-corrected chi connectivity index (χ4v) is 2.64. The van der Waals surface area contributed by atoms with Crippen molar-refractivity contribution in [3.05, 3.63) is 24.3 Å². The number of methoxy groups -OCH3 is 1. The van der Waals surface area contributed by atoms with Crippen molar-refractivity contribution in [1.29, 1.82) is 0 Å². The van der Waals surface area contributed by atoms with E-state index in [0.717, 1.165) is 30.3 Å². The molecular formula is C16H27IN4O. The van der Waals surface area contributed by atoms with Crippen LogP contribution in [0.25, 0.3) is 0 Å². The first kappa shape index (κ1) is 19.0. The number of para-hydroxylation sites is 2. The van der Waals surface area contributed by atoms with Crippen LogP contribution in [0.2, 0.25) is 0 Å². The number of nitrogens with zero attached hydrogens (tertiary/aromatic N) is 2. The van der Waals surface area contributed by atoms with Gasteiger partial charge in [-0.05, 0) is 57.5 Å². The van der Waals surface area contributed by atoms with Crippen molar-refractivity contribution >= 4 is 35.6 Å². The molecule has 1 saturated heterocycles. The minimum Gasteiger partial charge on any atom is -0.495 e. The molecule has 1 aromatic carbocycles. The molecule has 0 spiro atoms. The second-order valence-electron chi connectivity index (χ2n) is 5.63. The molecular weight excluding hydrogens is 391 g/mol. The van der Waals surface area contributed by atoms with Crippen molar-refractivity contribution < 1.29 is 4.74 Å². The number of halogens is 1. The molecule has 1 fully saturated rings. The summed E-state index contributed by atoms with van der Waals surface area (Å²) in [6, 6.07) is 7.69. The Hall–Kier alpha value is -1.02. The highest BCUT2D eigenvalue weighted by Gasteiger charge is 2.15. The van der Waals surface area contributed by atoms with Gasteiger partial charge >= 0.3 is 0 Å². The Kier molecular flexibility index (Phi) is 8.55. The molecule has 0 aliphatic carbocycles. The highest BCUT2D eigenvalue weighted by Crippen LogP contribution is 2.23. The number of piperidine rings is 1. The molecule has 2 rings (SSSR count). The topological polar surface area (TPSA) is 62.9 Å². The first-order valence-corrected chi connectivity index (χ1v) is 7.57. The molecule has 3 N–H and O–H groups in total. The summed E-state index contributed by atoms with van der Waals surface area (Å²) in [7, 11) is 3.83. The van der Waals surface area contributed by atoms with E-state index in [-0.39, 0.29) is 24.0 Å². The lowest BCUT2D eigenvalue weighted by Gasteiger charge is -2.28. The summed E-state index contributed by atoms with van der Waals surface area (Å²) in [5.74, 6) is 2.00. The Morgan fingerprint density at radius 1 is 1.36 bits per heavy atom. The van der Waals surface area contributed by atoms with Crippen LogP contribution >= 0.6 is 24.0 Å². The van der Waals surface area contributed by atoms with Gasteiger partial charge in [0.05, 0.1) is 12.8 Å². The average Bonchev–Trinajstić information content (AvgIpc) is 2.50. The van der Waals surface area contributed by atoms with Crippen molar-refractivity contribution in [2.45, 2.75) is 19.3 Å². The van der Waals surface area contributed by atoms with Crippen LogP contribution < -0.4 is 15.8 Å². The molecule has 0 aromatic heterocycles. The number of aliphatic imine (C=N–C) groups is 1. The fourth-order valence-electron chi connectivity index (χ4n) is 2.64. The third-order valence-corrected chi connectivity index (χ3v) is 4.03. The number of hydrogen-bond donors (Lipinski definition) is 2. The fraction of sp³-hybridized carbons (Fsp3) is 0.562. The second-order valence-corrected chi connectivity index (χ2v) is 5.63. The Morgan fingerprint density at radius 2 is 2.05 bits per heavy atom. The van der Waals surface area contributed by atoms with Crippen LogP contribution in [0.5, 0.6) is 5.75 Å². The zero-order valence-corrected chi connectivity index (χ0v) is 15.7. The molecule has 5 nitrogen and oxygen atoms in total. The Labute approximate surface area is 150 Å². The Balaban J connectivity index is 0.00000242. The highest BCUT2D eigenvalue weighted by atomic mass is 127. The summed E-state index contributed by atoms with van der Waals surface area (Å²) in [5, 5.41) is 3.10. The predicted octanol–water partition coefficient (Wildman–Crippen LogP) is 2.77. The van der Waals surface area contributed by atoms with Gasteiger partial charge in [0, 0.05) is 6.54 Å². The molecule has 0 radical (unpaired) electrons. The van der Waals surface area contributed by atoms with E-state index >= 15 is 0 Å². The lowest BCUT2D eigenvalue weighted by molar-refractivity contribution is 0.214. The number of nitrogens with one attached hydrogen (secondary N) is 1. The van der Waals surface area contributed by atoms with Crippen molar-refractivity contribution in [3.63, 3.8) is 0 Å². The van der Waals surface area contributed by atoms with Gasteiger partial charge in [0.25, 0.3) is 0 Å². The molecule has 1 heterocycles. The van der Waals surface area contributed by atoms with E-state index in [1.165, 1.54) is 25.9 Å². The van der Waals surface area contributed by atoms with E-state index in [2.05, 4.69) is 22.3 Å². The third kappa shape index (κ3) is 6.00. The van der Waals surface area contributed by atoms with Crippen LogP contribution in [0, 0.1) is 5.92 Å². The van der Waals surface area contributed by atoms with Gasteiger partial charge < -0.3 is 20.7 Å². The number of benzene rings is 1. The first-order valence-electron chi connectivity index (χ1n) is 7.57. The molecule has 1 aliphatic heterocycles. The highest BCUT2D eigenvalue weighted by molar-refractivity contribution is 14.0. The number of anilines is 1. The molecule has 1 aromatic rings. The van der Waals surface area contributed by atoms with Crippen molar-refractivity contribution in [3.8, 4) is 5.75 Å². The van der Waals surface area contributed by atoms with Crippen molar-refractivity contribution in [2.75, 3.05) is 39.1 Å². The zero-order valence-electron chi connectivity index (χ0n) is 13.4. The summed E-state index contributed by atoms with van der Waals surface area (Å²) in [6.07, 6.45) is 3.65. The number of rotatable bonds is 5. The maximum atomic E-state index is 5.94. The molecule has 124 valence electrons. The molecule has 0 saturated carbocycles. The van der Waals surface area contributed by atoms with Crippen LogP contribution in [0.4, 0.5) is 5.69 Å². The van der Waals surface area contributed by atoms with Gasteiger partial charge in [-0.2, -0.15) is 0 Å². The SMILES string of the molecule is COc1ccccc1NC(N)=NCCC1CCN(C)CC1.I. The number of ether oxygens (including phenoxy) is 1. The largest absolute Gasteiger partial charge is 0.495 e. The van der Waals surface area contributed by atoms with Gasteiger partial charge in [-0.15, -0.1) is 24.0 Å². The third-order valence-electron chi connectivity index (χ3n) is 4.03. The molecule has 6 heteroatoms. The van der Waals surface area contributed by atoms with E-state index in [4.69, 9.17) is 10.5 Å². The summed E-state index contributed by atoms with van der Waals surface area (Å²) >= 11 is 0. The summed E-state index contributed by atoms with van der Waals surface area (Å²) in [6.45, 7) is 3.18. The number of hydrogen-bond acceptors (Lipinski definition) is 3. The first-order chi connectivity index (χ1) is 10.2. The summed E-state index contributed by atoms with van der Waals surface area (Å²) in [5.41, 5.74) is 6.79. The van der Waals surface area contributed by atoms with Crippen LogP contribution in [-0.4, -0.2) is 44.7 Å². The maximum Gasteiger partial charge on any atom is 0.193 e. The molecule has 1 aliphatic rings. The van der Waals surface area contributed by atoms with Gasteiger partial charge in [-0.1, -0.05) is 12.1 Å². The van der Waals surface area contributed by atoms with Crippen LogP contribution in [0.15, 0.2) is 29.3 Å². The molecule has 22 heavy (non-hydrogen) atoms. The predicted molar refractivity (Wildman–Crippen MR) is 103 cm³/mol. The van der Waals surface area contributed by atoms with E-state index < -0.39 is 0 Å².